The number of hydrogen-bond acceptors (Lipinski definition) is 4. The molecule has 35 heavy (non-hydrogen) atoms. The Balaban J connectivity index is 1.68. The number of nitrogens with zero attached hydrogens (tertiary/aromatic N) is 4. The van der Waals surface area contributed by atoms with Crippen LogP contribution in [0.4, 0.5) is 0 Å². The third-order valence-electron chi connectivity index (χ3n) is 7.34. The lowest BCUT2D eigenvalue weighted by Gasteiger charge is -2.32. The molecule has 0 aliphatic rings. The van der Waals surface area contributed by atoms with Crippen molar-refractivity contribution in [2.45, 2.75) is 109 Å². The first-order valence-corrected chi connectivity index (χ1v) is 14.0. The Hall–Kier alpha value is -2.69. The van der Waals surface area contributed by atoms with E-state index in [4.69, 9.17) is 14.6 Å². The summed E-state index contributed by atoms with van der Waals surface area (Å²) in [7, 11) is 0. The van der Waals surface area contributed by atoms with Crippen LogP contribution in [0.1, 0.15) is 110 Å². The zero-order valence-corrected chi connectivity index (χ0v) is 21.7. The molecule has 0 saturated heterocycles. The van der Waals surface area contributed by atoms with Crippen LogP contribution >= 0.6 is 0 Å². The average Bonchev–Trinajstić information content (AvgIpc) is 3.52. The molecular formula is C30H42N4O. The van der Waals surface area contributed by atoms with E-state index in [0.29, 0.717) is 0 Å². The summed E-state index contributed by atoms with van der Waals surface area (Å²) in [5.74, 6) is 0.788. The minimum Gasteiger partial charge on any atom is -0.438 e. The highest BCUT2D eigenvalue weighted by Crippen LogP contribution is 2.39. The number of unbranched alkanes of at least 4 members (excludes halogenated alkanes) is 10. The molecule has 0 radical (unpaired) electrons. The van der Waals surface area contributed by atoms with E-state index in [1.54, 1.807) is 0 Å². The number of para-hydroxylation sites is 3. The molecule has 0 unspecified atom stereocenters. The van der Waals surface area contributed by atoms with Crippen molar-refractivity contribution in [1.29, 1.82) is 0 Å². The first-order chi connectivity index (χ1) is 17.3. The minimum absolute atomic E-state index is 0.426. The van der Waals surface area contributed by atoms with E-state index in [1.165, 1.54) is 64.2 Å². The molecule has 5 nitrogen and oxygen atoms in total. The topological polar surface area (TPSA) is 56.7 Å². The second kappa shape index (κ2) is 12.9. The third-order valence-corrected chi connectivity index (χ3v) is 7.34. The minimum atomic E-state index is -0.426. The van der Waals surface area contributed by atoms with Crippen molar-refractivity contribution < 1.29 is 4.42 Å². The van der Waals surface area contributed by atoms with Crippen LogP contribution in [0.3, 0.4) is 0 Å². The van der Waals surface area contributed by atoms with Crippen LogP contribution < -0.4 is 0 Å². The normalized spacial score (nSPS) is 12.2. The van der Waals surface area contributed by atoms with Crippen LogP contribution in [0.2, 0.25) is 0 Å². The summed E-state index contributed by atoms with van der Waals surface area (Å²) in [6, 6.07) is 16.4. The highest BCUT2D eigenvalue weighted by molar-refractivity contribution is 5.75. The van der Waals surface area contributed by atoms with Crippen LogP contribution in [-0.2, 0) is 5.54 Å². The van der Waals surface area contributed by atoms with Gasteiger partial charge < -0.3 is 4.42 Å². The average molecular weight is 475 g/mol. The highest BCUT2D eigenvalue weighted by atomic mass is 16.4. The maximum Gasteiger partial charge on any atom is 0.223 e. The SMILES string of the molecule is CCCCCCCCC(CCCCCCCC)(c1nc2ccccc2o1)n1nnc2ccccc21. The molecule has 188 valence electrons. The smallest absolute Gasteiger partial charge is 0.223 e. The fourth-order valence-corrected chi connectivity index (χ4v) is 5.29. The Morgan fingerprint density at radius 3 is 1.91 bits per heavy atom. The zero-order chi connectivity index (χ0) is 24.3. The second-order valence-electron chi connectivity index (χ2n) is 10.0. The van der Waals surface area contributed by atoms with Crippen LogP contribution in [0.5, 0.6) is 0 Å². The second-order valence-corrected chi connectivity index (χ2v) is 10.0. The first kappa shape index (κ1) is 25.4. The van der Waals surface area contributed by atoms with Gasteiger partial charge in [0, 0.05) is 0 Å². The van der Waals surface area contributed by atoms with E-state index >= 15 is 0 Å². The largest absolute Gasteiger partial charge is 0.438 e. The molecule has 0 aliphatic heterocycles. The van der Waals surface area contributed by atoms with Crippen molar-refractivity contribution in [3.8, 4) is 0 Å². The Morgan fingerprint density at radius 1 is 0.686 bits per heavy atom. The standard InChI is InChI=1S/C30H42N4O/c1-3-5-7-9-11-17-23-30(24-18-12-10-8-6-4-2,29-31-26-20-14-16-22-28(26)35-29)34-27-21-15-13-19-25(27)32-33-34/h13-16,19-22H,3-12,17-18,23-24H2,1-2H3. The molecule has 0 N–H and O–H groups in total. The van der Waals surface area contributed by atoms with Gasteiger partial charge in [-0.25, -0.2) is 9.67 Å². The maximum absolute atomic E-state index is 6.50. The van der Waals surface area contributed by atoms with Gasteiger partial charge in [0.1, 0.15) is 16.6 Å². The van der Waals surface area contributed by atoms with Crippen molar-refractivity contribution >= 4 is 22.1 Å². The highest BCUT2D eigenvalue weighted by Gasteiger charge is 2.40. The van der Waals surface area contributed by atoms with E-state index in [-0.39, 0.29) is 0 Å². The number of rotatable bonds is 16. The van der Waals surface area contributed by atoms with Gasteiger partial charge in [0.15, 0.2) is 5.58 Å². The summed E-state index contributed by atoms with van der Waals surface area (Å²) in [5, 5.41) is 9.28. The van der Waals surface area contributed by atoms with Gasteiger partial charge in [0.25, 0.3) is 0 Å². The molecule has 0 spiro atoms. The molecule has 2 aromatic heterocycles. The molecule has 4 aromatic rings. The van der Waals surface area contributed by atoms with E-state index in [2.05, 4.69) is 35.8 Å². The van der Waals surface area contributed by atoms with Gasteiger partial charge in [-0.15, -0.1) is 5.10 Å². The van der Waals surface area contributed by atoms with Crippen LogP contribution in [0.15, 0.2) is 52.9 Å². The Bertz CT molecular complexity index is 1110. The van der Waals surface area contributed by atoms with Crippen LogP contribution in [-0.4, -0.2) is 20.0 Å². The lowest BCUT2D eigenvalue weighted by molar-refractivity contribution is 0.209. The Morgan fingerprint density at radius 2 is 1.26 bits per heavy atom. The van der Waals surface area contributed by atoms with Crippen molar-refractivity contribution in [3.63, 3.8) is 0 Å². The van der Waals surface area contributed by atoms with Gasteiger partial charge in [-0.3, -0.25) is 0 Å². The molecule has 2 aromatic carbocycles. The van der Waals surface area contributed by atoms with Crippen LogP contribution in [0, 0.1) is 0 Å². The molecule has 0 aliphatic carbocycles. The summed E-state index contributed by atoms with van der Waals surface area (Å²) in [4.78, 5) is 5.05. The van der Waals surface area contributed by atoms with Gasteiger partial charge >= 0.3 is 0 Å². The van der Waals surface area contributed by atoms with Gasteiger partial charge in [-0.1, -0.05) is 120 Å². The van der Waals surface area contributed by atoms with Crippen molar-refractivity contribution in [3.05, 3.63) is 54.4 Å². The lowest BCUT2D eigenvalue weighted by Crippen LogP contribution is -2.36. The molecule has 0 saturated carbocycles. The van der Waals surface area contributed by atoms with Crippen molar-refractivity contribution in [2.24, 2.45) is 0 Å². The third kappa shape index (κ3) is 6.12. The maximum atomic E-state index is 6.50. The molecule has 0 amide bonds. The fraction of sp³-hybridized carbons (Fsp3) is 0.567. The monoisotopic (exact) mass is 474 g/mol. The molecule has 4 rings (SSSR count). The number of hydrogen-bond donors (Lipinski definition) is 0. The summed E-state index contributed by atoms with van der Waals surface area (Å²) in [6.07, 6.45) is 17.0. The Kier molecular flexibility index (Phi) is 9.33. The zero-order valence-electron chi connectivity index (χ0n) is 21.7. The molecule has 0 atom stereocenters. The number of aromatic nitrogens is 4. The predicted octanol–water partition coefficient (Wildman–Crippen LogP) is 8.82. The lowest BCUT2D eigenvalue weighted by atomic mass is 9.85. The Labute approximate surface area is 210 Å². The van der Waals surface area contributed by atoms with E-state index in [9.17, 15) is 0 Å². The van der Waals surface area contributed by atoms with Gasteiger partial charge in [-0.2, -0.15) is 0 Å². The summed E-state index contributed by atoms with van der Waals surface area (Å²) >= 11 is 0. The molecular weight excluding hydrogens is 432 g/mol. The molecule has 5 heteroatoms. The fourth-order valence-electron chi connectivity index (χ4n) is 5.29. The van der Waals surface area contributed by atoms with Crippen molar-refractivity contribution in [2.75, 3.05) is 0 Å². The van der Waals surface area contributed by atoms with Gasteiger partial charge in [0.2, 0.25) is 5.89 Å². The number of benzene rings is 2. The molecule has 0 bridgehead atoms. The number of oxazole rings is 1. The molecule has 2 heterocycles. The van der Waals surface area contributed by atoms with E-state index in [0.717, 1.165) is 53.7 Å². The number of fused-ring (bicyclic) bond motifs is 2. The summed E-state index contributed by atoms with van der Waals surface area (Å²) < 4.78 is 8.64. The summed E-state index contributed by atoms with van der Waals surface area (Å²) in [6.45, 7) is 4.54. The van der Waals surface area contributed by atoms with E-state index < -0.39 is 5.54 Å². The first-order valence-electron chi connectivity index (χ1n) is 14.0. The van der Waals surface area contributed by atoms with Crippen LogP contribution in [0.25, 0.3) is 22.1 Å². The van der Waals surface area contributed by atoms with Gasteiger partial charge in [0.05, 0.1) is 5.52 Å². The summed E-state index contributed by atoms with van der Waals surface area (Å²) in [5.41, 5.74) is 3.33. The van der Waals surface area contributed by atoms with Crippen molar-refractivity contribution in [1.82, 2.24) is 20.0 Å². The van der Waals surface area contributed by atoms with E-state index in [1.807, 2.05) is 36.4 Å². The predicted molar refractivity (Wildman–Crippen MR) is 145 cm³/mol. The molecule has 0 fully saturated rings. The van der Waals surface area contributed by atoms with Gasteiger partial charge in [-0.05, 0) is 37.1 Å². The quantitative estimate of drug-likeness (QED) is 0.152.